The molecule has 0 atom stereocenters. The van der Waals surface area contributed by atoms with Gasteiger partial charge in [0.25, 0.3) is 0 Å². The van der Waals surface area contributed by atoms with Gasteiger partial charge in [-0.05, 0) is 26.3 Å². The summed E-state index contributed by atoms with van der Waals surface area (Å²) in [6.45, 7) is 6.67. The summed E-state index contributed by atoms with van der Waals surface area (Å²) in [5, 5.41) is 3.48. The number of nitrogens with zero attached hydrogens (tertiary/aromatic N) is 2. The van der Waals surface area contributed by atoms with Gasteiger partial charge in [0.1, 0.15) is 5.82 Å². The first kappa shape index (κ1) is 15.7. The molecule has 0 aliphatic rings. The lowest BCUT2D eigenvalue weighted by molar-refractivity contribution is 0.143. The minimum Gasteiger partial charge on any atom is -0.382 e. The van der Waals surface area contributed by atoms with E-state index in [1.165, 1.54) is 5.56 Å². The van der Waals surface area contributed by atoms with Crippen LogP contribution in [0.4, 0.5) is 0 Å². The van der Waals surface area contributed by atoms with Crippen LogP contribution >= 0.6 is 0 Å². The standard InChI is InChI=1S/C17H25N3O/c1-2-21-15-7-6-10-18-11-13-20-14-12-19-17(20)16-8-4-3-5-9-16/h3-5,8-9,12,14,18H,2,6-7,10-11,13,15H2,1H3. The fourth-order valence-corrected chi connectivity index (χ4v) is 2.26. The Morgan fingerprint density at radius 2 is 2.00 bits per heavy atom. The molecule has 0 saturated heterocycles. The van der Waals surface area contributed by atoms with Crippen molar-refractivity contribution in [3.63, 3.8) is 0 Å². The Balaban J connectivity index is 1.69. The Kier molecular flexibility index (Phi) is 6.98. The van der Waals surface area contributed by atoms with E-state index < -0.39 is 0 Å². The second kappa shape index (κ2) is 9.32. The van der Waals surface area contributed by atoms with Gasteiger partial charge in [0.2, 0.25) is 0 Å². The fraction of sp³-hybridized carbons (Fsp3) is 0.471. The highest BCUT2D eigenvalue weighted by atomic mass is 16.5. The van der Waals surface area contributed by atoms with Gasteiger partial charge in [-0.25, -0.2) is 4.98 Å². The molecule has 1 heterocycles. The van der Waals surface area contributed by atoms with Crippen LogP contribution in [-0.2, 0) is 11.3 Å². The highest BCUT2D eigenvalue weighted by molar-refractivity contribution is 5.55. The highest BCUT2D eigenvalue weighted by Gasteiger charge is 2.04. The van der Waals surface area contributed by atoms with Crippen molar-refractivity contribution < 1.29 is 4.74 Å². The molecule has 1 aromatic heterocycles. The normalized spacial score (nSPS) is 10.9. The Labute approximate surface area is 127 Å². The summed E-state index contributed by atoms with van der Waals surface area (Å²) in [6.07, 6.45) is 6.19. The predicted molar refractivity (Wildman–Crippen MR) is 86.3 cm³/mol. The van der Waals surface area contributed by atoms with E-state index in [-0.39, 0.29) is 0 Å². The molecule has 21 heavy (non-hydrogen) atoms. The van der Waals surface area contributed by atoms with E-state index in [1.807, 2.05) is 37.5 Å². The summed E-state index contributed by atoms with van der Waals surface area (Å²) in [7, 11) is 0. The third-order valence-electron chi connectivity index (χ3n) is 3.37. The maximum absolute atomic E-state index is 5.32. The molecule has 0 aliphatic carbocycles. The van der Waals surface area contributed by atoms with E-state index >= 15 is 0 Å². The average molecular weight is 287 g/mol. The lowest BCUT2D eigenvalue weighted by Crippen LogP contribution is -2.21. The van der Waals surface area contributed by atoms with Gasteiger partial charge in [0, 0.05) is 44.3 Å². The van der Waals surface area contributed by atoms with Crippen LogP contribution in [0.2, 0.25) is 0 Å². The first-order chi connectivity index (χ1) is 10.4. The number of benzene rings is 1. The largest absolute Gasteiger partial charge is 0.382 e. The quantitative estimate of drug-likeness (QED) is 0.683. The van der Waals surface area contributed by atoms with Crippen LogP contribution in [0.15, 0.2) is 42.7 Å². The van der Waals surface area contributed by atoms with Crippen molar-refractivity contribution in [3.05, 3.63) is 42.7 Å². The number of hydrogen-bond donors (Lipinski definition) is 1. The number of imidazole rings is 1. The van der Waals surface area contributed by atoms with Gasteiger partial charge in [-0.1, -0.05) is 30.3 Å². The van der Waals surface area contributed by atoms with Gasteiger partial charge in [-0.15, -0.1) is 0 Å². The van der Waals surface area contributed by atoms with Gasteiger partial charge in [-0.3, -0.25) is 0 Å². The van der Waals surface area contributed by atoms with Crippen LogP contribution in [0.25, 0.3) is 11.4 Å². The molecule has 0 amide bonds. The molecule has 4 nitrogen and oxygen atoms in total. The second-order valence-corrected chi connectivity index (χ2v) is 4.96. The summed E-state index contributed by atoms with van der Waals surface area (Å²) in [5.74, 6) is 1.04. The van der Waals surface area contributed by atoms with Crippen molar-refractivity contribution in [2.75, 3.05) is 26.3 Å². The summed E-state index contributed by atoms with van der Waals surface area (Å²) in [6, 6.07) is 10.3. The van der Waals surface area contributed by atoms with Gasteiger partial charge >= 0.3 is 0 Å². The van der Waals surface area contributed by atoms with Crippen molar-refractivity contribution in [1.82, 2.24) is 14.9 Å². The Bertz CT molecular complexity index is 496. The zero-order chi connectivity index (χ0) is 14.8. The van der Waals surface area contributed by atoms with Crippen molar-refractivity contribution in [3.8, 4) is 11.4 Å². The van der Waals surface area contributed by atoms with Gasteiger partial charge in [-0.2, -0.15) is 0 Å². The third-order valence-corrected chi connectivity index (χ3v) is 3.37. The van der Waals surface area contributed by atoms with E-state index in [0.717, 1.165) is 51.5 Å². The van der Waals surface area contributed by atoms with E-state index in [1.54, 1.807) is 0 Å². The van der Waals surface area contributed by atoms with Crippen molar-refractivity contribution in [2.24, 2.45) is 0 Å². The number of nitrogens with one attached hydrogen (secondary N) is 1. The summed E-state index contributed by atoms with van der Waals surface area (Å²) in [4.78, 5) is 4.45. The first-order valence-corrected chi connectivity index (χ1v) is 7.77. The van der Waals surface area contributed by atoms with Gasteiger partial charge in [0.15, 0.2) is 0 Å². The van der Waals surface area contributed by atoms with Gasteiger partial charge < -0.3 is 14.6 Å². The van der Waals surface area contributed by atoms with Crippen LogP contribution in [0, 0.1) is 0 Å². The SMILES string of the molecule is CCOCCCCNCCn1ccnc1-c1ccccc1. The first-order valence-electron chi connectivity index (χ1n) is 7.77. The summed E-state index contributed by atoms with van der Waals surface area (Å²) >= 11 is 0. The zero-order valence-electron chi connectivity index (χ0n) is 12.8. The van der Waals surface area contributed by atoms with E-state index in [2.05, 4.69) is 27.0 Å². The van der Waals surface area contributed by atoms with Crippen LogP contribution in [0.5, 0.6) is 0 Å². The monoisotopic (exact) mass is 287 g/mol. The predicted octanol–water partition coefficient (Wildman–Crippen LogP) is 2.96. The summed E-state index contributed by atoms with van der Waals surface area (Å²) < 4.78 is 7.52. The third kappa shape index (κ3) is 5.33. The molecule has 0 saturated carbocycles. The Morgan fingerprint density at radius 3 is 2.81 bits per heavy atom. The molecule has 0 aliphatic heterocycles. The maximum Gasteiger partial charge on any atom is 0.139 e. The van der Waals surface area contributed by atoms with Crippen LogP contribution in [0.3, 0.4) is 0 Å². The Hall–Kier alpha value is -1.65. The van der Waals surface area contributed by atoms with E-state index in [0.29, 0.717) is 0 Å². The van der Waals surface area contributed by atoms with Crippen LogP contribution < -0.4 is 5.32 Å². The molecule has 0 fully saturated rings. The van der Waals surface area contributed by atoms with Crippen molar-refractivity contribution in [1.29, 1.82) is 0 Å². The molecule has 1 aromatic carbocycles. The lowest BCUT2D eigenvalue weighted by Gasteiger charge is -2.09. The summed E-state index contributed by atoms with van der Waals surface area (Å²) in [5.41, 5.74) is 1.17. The number of aromatic nitrogens is 2. The molecule has 0 spiro atoms. The van der Waals surface area contributed by atoms with Crippen LogP contribution in [-0.4, -0.2) is 35.9 Å². The molecule has 0 bridgehead atoms. The minimum absolute atomic E-state index is 0.816. The lowest BCUT2D eigenvalue weighted by atomic mass is 10.2. The average Bonchev–Trinajstić information content (AvgIpc) is 2.99. The second-order valence-electron chi connectivity index (χ2n) is 4.96. The smallest absolute Gasteiger partial charge is 0.139 e. The van der Waals surface area contributed by atoms with Gasteiger partial charge in [0.05, 0.1) is 0 Å². The highest BCUT2D eigenvalue weighted by Crippen LogP contribution is 2.16. The van der Waals surface area contributed by atoms with Crippen LogP contribution in [0.1, 0.15) is 19.8 Å². The molecule has 0 radical (unpaired) electrons. The molecule has 114 valence electrons. The molecule has 1 N–H and O–H groups in total. The fourth-order valence-electron chi connectivity index (χ4n) is 2.26. The topological polar surface area (TPSA) is 39.1 Å². The van der Waals surface area contributed by atoms with E-state index in [4.69, 9.17) is 4.74 Å². The van der Waals surface area contributed by atoms with Crippen molar-refractivity contribution >= 4 is 0 Å². The number of unbranched alkanes of at least 4 members (excludes halogenated alkanes) is 1. The molecular formula is C17H25N3O. The maximum atomic E-state index is 5.32. The molecule has 2 rings (SSSR count). The minimum atomic E-state index is 0.816. The number of rotatable bonds is 10. The molecule has 4 heteroatoms. The number of ether oxygens (including phenoxy) is 1. The number of hydrogen-bond acceptors (Lipinski definition) is 3. The zero-order valence-corrected chi connectivity index (χ0v) is 12.8. The van der Waals surface area contributed by atoms with Crippen molar-refractivity contribution in [2.45, 2.75) is 26.3 Å². The molecule has 2 aromatic rings. The van der Waals surface area contributed by atoms with E-state index in [9.17, 15) is 0 Å². The molecular weight excluding hydrogens is 262 g/mol. The molecule has 0 unspecified atom stereocenters. The Morgan fingerprint density at radius 1 is 1.14 bits per heavy atom.